The van der Waals surface area contributed by atoms with Gasteiger partial charge in [0, 0.05) is 19.6 Å². The highest BCUT2D eigenvalue weighted by atomic mass is 16.5. The molecular weight excluding hydrogens is 164 g/mol. The Balaban J connectivity index is 1.83. The second kappa shape index (κ2) is 5.58. The lowest BCUT2D eigenvalue weighted by molar-refractivity contribution is 0.125. The van der Waals surface area contributed by atoms with Crippen molar-refractivity contribution < 1.29 is 4.74 Å². The average Bonchev–Trinajstić information content (AvgIpc) is 2.08. The highest BCUT2D eigenvalue weighted by Crippen LogP contribution is 2.39. The second-order valence-corrected chi connectivity index (χ2v) is 4.24. The molecule has 13 heavy (non-hydrogen) atoms. The number of hydrogen-bond acceptors (Lipinski definition) is 3. The number of rotatable bonds is 7. The Morgan fingerprint density at radius 1 is 1.38 bits per heavy atom. The van der Waals surface area contributed by atoms with E-state index < -0.39 is 0 Å². The maximum Gasteiger partial charge on any atom is 0.0591 e. The molecule has 0 aromatic carbocycles. The Labute approximate surface area is 81.0 Å². The van der Waals surface area contributed by atoms with Crippen LogP contribution in [0.2, 0.25) is 0 Å². The smallest absolute Gasteiger partial charge is 0.0591 e. The van der Waals surface area contributed by atoms with E-state index in [2.05, 4.69) is 12.2 Å². The maximum atomic E-state index is 5.30. The van der Waals surface area contributed by atoms with E-state index in [1.807, 2.05) is 0 Å². The Hall–Kier alpha value is -0.120. The molecule has 3 heteroatoms. The van der Waals surface area contributed by atoms with Gasteiger partial charge in [0.25, 0.3) is 0 Å². The zero-order chi connectivity index (χ0) is 9.57. The summed E-state index contributed by atoms with van der Waals surface area (Å²) < 4.78 is 5.26. The van der Waals surface area contributed by atoms with E-state index in [1.165, 1.54) is 19.3 Å². The van der Waals surface area contributed by atoms with Crippen LogP contribution in [0, 0.1) is 5.41 Å². The fourth-order valence-corrected chi connectivity index (χ4v) is 1.68. The van der Waals surface area contributed by atoms with E-state index in [9.17, 15) is 0 Å². The molecule has 0 bridgehead atoms. The molecule has 78 valence electrons. The molecule has 0 atom stereocenters. The number of nitrogens with one attached hydrogen (secondary N) is 1. The third kappa shape index (κ3) is 4.07. The molecule has 0 spiro atoms. The van der Waals surface area contributed by atoms with Gasteiger partial charge in [0.15, 0.2) is 0 Å². The molecule has 0 aromatic rings. The largest absolute Gasteiger partial charge is 0.379 e. The lowest BCUT2D eigenvalue weighted by Crippen LogP contribution is -2.38. The molecular formula is C10H22N2O. The molecule has 1 aliphatic rings. The monoisotopic (exact) mass is 186 g/mol. The lowest BCUT2D eigenvalue weighted by atomic mass is 9.70. The van der Waals surface area contributed by atoms with Crippen molar-refractivity contribution in [2.24, 2.45) is 11.1 Å². The van der Waals surface area contributed by atoms with Crippen LogP contribution >= 0.6 is 0 Å². The van der Waals surface area contributed by atoms with E-state index in [-0.39, 0.29) is 0 Å². The minimum atomic E-state index is 0.577. The molecule has 0 saturated heterocycles. The minimum Gasteiger partial charge on any atom is -0.379 e. The highest BCUT2D eigenvalue weighted by molar-refractivity contribution is 4.84. The Morgan fingerprint density at radius 3 is 2.69 bits per heavy atom. The summed E-state index contributed by atoms with van der Waals surface area (Å²) in [5, 5.41) is 3.42. The summed E-state index contributed by atoms with van der Waals surface area (Å²) in [5.74, 6) is 0. The first-order valence-corrected chi connectivity index (χ1v) is 5.25. The molecule has 0 amide bonds. The molecule has 3 nitrogen and oxygen atoms in total. The Kier molecular flexibility index (Phi) is 4.70. The van der Waals surface area contributed by atoms with Crippen LogP contribution in [0.15, 0.2) is 0 Å². The topological polar surface area (TPSA) is 47.3 Å². The van der Waals surface area contributed by atoms with E-state index in [0.717, 1.165) is 19.7 Å². The first kappa shape index (κ1) is 11.0. The van der Waals surface area contributed by atoms with Crippen molar-refractivity contribution in [2.45, 2.75) is 26.2 Å². The van der Waals surface area contributed by atoms with Crippen LogP contribution in [-0.4, -0.2) is 32.8 Å². The minimum absolute atomic E-state index is 0.577. The van der Waals surface area contributed by atoms with Crippen LogP contribution in [0.1, 0.15) is 26.2 Å². The van der Waals surface area contributed by atoms with E-state index in [0.29, 0.717) is 18.6 Å². The van der Waals surface area contributed by atoms with Gasteiger partial charge in [-0.25, -0.2) is 0 Å². The van der Waals surface area contributed by atoms with Crippen molar-refractivity contribution in [3.63, 3.8) is 0 Å². The summed E-state index contributed by atoms with van der Waals surface area (Å²) in [6, 6.07) is 0. The lowest BCUT2D eigenvalue weighted by Gasteiger charge is -2.38. The van der Waals surface area contributed by atoms with Crippen LogP contribution in [0.25, 0.3) is 0 Å². The summed E-state index contributed by atoms with van der Waals surface area (Å²) >= 11 is 0. The van der Waals surface area contributed by atoms with Gasteiger partial charge in [-0.2, -0.15) is 0 Å². The Morgan fingerprint density at radius 2 is 2.15 bits per heavy atom. The Bertz CT molecular complexity index is 135. The van der Waals surface area contributed by atoms with Gasteiger partial charge in [-0.15, -0.1) is 0 Å². The summed E-state index contributed by atoms with van der Waals surface area (Å²) in [5.41, 5.74) is 5.88. The maximum absolute atomic E-state index is 5.30. The summed E-state index contributed by atoms with van der Waals surface area (Å²) in [6.45, 7) is 6.53. The van der Waals surface area contributed by atoms with Crippen LogP contribution in [0.3, 0.4) is 0 Å². The van der Waals surface area contributed by atoms with Gasteiger partial charge in [-0.3, -0.25) is 0 Å². The van der Waals surface area contributed by atoms with Crippen LogP contribution in [0.4, 0.5) is 0 Å². The molecule has 1 rings (SSSR count). The molecule has 0 aromatic heterocycles. The first-order chi connectivity index (χ1) is 6.27. The van der Waals surface area contributed by atoms with Crippen LogP contribution in [0.5, 0.6) is 0 Å². The quantitative estimate of drug-likeness (QED) is 0.577. The molecule has 0 heterocycles. The van der Waals surface area contributed by atoms with Gasteiger partial charge in [-0.05, 0) is 18.3 Å². The number of ether oxygens (including phenoxy) is 1. The normalized spacial score (nSPS) is 19.8. The SMILES string of the molecule is CC1(CNCCOCCN)CCC1. The molecule has 3 N–H and O–H groups in total. The molecule has 1 fully saturated rings. The molecule has 1 aliphatic carbocycles. The molecule has 0 aliphatic heterocycles. The number of nitrogens with two attached hydrogens (primary N) is 1. The van der Waals surface area contributed by atoms with Gasteiger partial charge in [0.05, 0.1) is 13.2 Å². The van der Waals surface area contributed by atoms with Gasteiger partial charge in [-0.1, -0.05) is 13.3 Å². The third-order valence-corrected chi connectivity index (χ3v) is 2.80. The molecule has 1 saturated carbocycles. The van der Waals surface area contributed by atoms with Crippen molar-refractivity contribution in [2.75, 3.05) is 32.8 Å². The van der Waals surface area contributed by atoms with E-state index >= 15 is 0 Å². The first-order valence-electron chi connectivity index (χ1n) is 5.25. The van der Waals surface area contributed by atoms with Crippen molar-refractivity contribution in [3.05, 3.63) is 0 Å². The van der Waals surface area contributed by atoms with Crippen LogP contribution < -0.4 is 11.1 Å². The zero-order valence-electron chi connectivity index (χ0n) is 8.64. The van der Waals surface area contributed by atoms with Gasteiger partial charge >= 0.3 is 0 Å². The third-order valence-electron chi connectivity index (χ3n) is 2.80. The van der Waals surface area contributed by atoms with E-state index in [4.69, 9.17) is 10.5 Å². The standard InChI is InChI=1S/C10H22N2O/c1-10(3-2-4-10)9-12-6-8-13-7-5-11/h12H,2-9,11H2,1H3. The van der Waals surface area contributed by atoms with Gasteiger partial charge < -0.3 is 15.8 Å². The predicted molar refractivity (Wildman–Crippen MR) is 54.7 cm³/mol. The molecule has 0 radical (unpaired) electrons. The summed E-state index contributed by atoms with van der Waals surface area (Å²) in [7, 11) is 0. The predicted octanol–water partition coefficient (Wildman–Crippen LogP) is 0.741. The second-order valence-electron chi connectivity index (χ2n) is 4.24. The van der Waals surface area contributed by atoms with Crippen LogP contribution in [-0.2, 0) is 4.74 Å². The fraction of sp³-hybridized carbons (Fsp3) is 1.00. The van der Waals surface area contributed by atoms with Crippen molar-refractivity contribution in [1.29, 1.82) is 0 Å². The molecule has 0 unspecified atom stereocenters. The fourth-order valence-electron chi connectivity index (χ4n) is 1.68. The highest BCUT2D eigenvalue weighted by Gasteiger charge is 2.30. The van der Waals surface area contributed by atoms with Crippen molar-refractivity contribution in [1.82, 2.24) is 5.32 Å². The van der Waals surface area contributed by atoms with Crippen molar-refractivity contribution >= 4 is 0 Å². The zero-order valence-corrected chi connectivity index (χ0v) is 8.64. The van der Waals surface area contributed by atoms with E-state index in [1.54, 1.807) is 0 Å². The average molecular weight is 186 g/mol. The van der Waals surface area contributed by atoms with Crippen molar-refractivity contribution in [3.8, 4) is 0 Å². The van der Waals surface area contributed by atoms with Gasteiger partial charge in [0.1, 0.15) is 0 Å². The summed E-state index contributed by atoms with van der Waals surface area (Å²) in [4.78, 5) is 0. The summed E-state index contributed by atoms with van der Waals surface area (Å²) in [6.07, 6.45) is 4.16. The van der Waals surface area contributed by atoms with Gasteiger partial charge in [0.2, 0.25) is 0 Å². The number of hydrogen-bond donors (Lipinski definition) is 2.